The van der Waals surface area contributed by atoms with Crippen LogP contribution in [0.3, 0.4) is 0 Å². The van der Waals surface area contributed by atoms with Crippen molar-refractivity contribution < 1.29 is 9.59 Å². The monoisotopic (exact) mass is 410 g/mol. The van der Waals surface area contributed by atoms with Crippen molar-refractivity contribution in [3.05, 3.63) is 45.2 Å². The minimum atomic E-state index is -0.210. The van der Waals surface area contributed by atoms with Crippen molar-refractivity contribution in [2.24, 2.45) is 0 Å². The maximum absolute atomic E-state index is 11.9. The van der Waals surface area contributed by atoms with Gasteiger partial charge in [-0.1, -0.05) is 6.07 Å². The Hall–Kier alpha value is -1.77. The molecule has 2 heterocycles. The number of anilines is 1. The standard InChI is InChI=1S/C16H19BrN4O2S/c1-21(10-15(22)18-7-6-13-3-2-8-24-13)11-16(23)20-14-5-4-12(17)9-19-14/h2-5,8-9H,6-7,10-11H2,1H3,(H,18,22)(H,19,20,23). The number of likely N-dealkylation sites (N-methyl/N-ethyl adjacent to an activating group) is 1. The highest BCUT2D eigenvalue weighted by Gasteiger charge is 2.11. The number of aromatic nitrogens is 1. The molecule has 0 bridgehead atoms. The Morgan fingerprint density at radius 2 is 2.04 bits per heavy atom. The number of rotatable bonds is 8. The Labute approximate surface area is 153 Å². The van der Waals surface area contributed by atoms with Gasteiger partial charge in [0.1, 0.15) is 5.82 Å². The van der Waals surface area contributed by atoms with Crippen LogP contribution in [0.2, 0.25) is 0 Å². The number of thiophene rings is 1. The molecule has 6 nitrogen and oxygen atoms in total. The van der Waals surface area contributed by atoms with E-state index in [0.29, 0.717) is 12.4 Å². The molecule has 0 saturated carbocycles. The summed E-state index contributed by atoms with van der Waals surface area (Å²) in [6, 6.07) is 7.55. The molecule has 0 fully saturated rings. The predicted octanol–water partition coefficient (Wildman–Crippen LogP) is 2.13. The Kier molecular flexibility index (Phi) is 7.36. The van der Waals surface area contributed by atoms with Crippen LogP contribution in [0, 0.1) is 0 Å². The van der Waals surface area contributed by atoms with Gasteiger partial charge in [0.15, 0.2) is 0 Å². The Morgan fingerprint density at radius 3 is 2.71 bits per heavy atom. The van der Waals surface area contributed by atoms with Gasteiger partial charge in [-0.2, -0.15) is 0 Å². The molecule has 0 aliphatic heterocycles. The topological polar surface area (TPSA) is 74.3 Å². The summed E-state index contributed by atoms with van der Waals surface area (Å²) >= 11 is 4.96. The van der Waals surface area contributed by atoms with Crippen LogP contribution < -0.4 is 10.6 Å². The highest BCUT2D eigenvalue weighted by molar-refractivity contribution is 9.10. The SMILES string of the molecule is CN(CC(=O)NCCc1cccs1)CC(=O)Nc1ccc(Br)cn1. The first-order valence-electron chi connectivity index (χ1n) is 7.42. The van der Waals surface area contributed by atoms with E-state index in [1.807, 2.05) is 17.5 Å². The maximum atomic E-state index is 11.9. The molecule has 128 valence electrons. The second-order valence-electron chi connectivity index (χ2n) is 5.26. The minimum Gasteiger partial charge on any atom is -0.355 e. The molecule has 0 spiro atoms. The lowest BCUT2D eigenvalue weighted by Gasteiger charge is -2.15. The third kappa shape index (κ3) is 6.77. The number of carbonyl (C=O) groups excluding carboxylic acids is 2. The number of pyridine rings is 1. The second-order valence-corrected chi connectivity index (χ2v) is 7.21. The molecule has 0 aliphatic rings. The van der Waals surface area contributed by atoms with Gasteiger partial charge in [0, 0.05) is 22.1 Å². The number of nitrogens with one attached hydrogen (secondary N) is 2. The van der Waals surface area contributed by atoms with Crippen molar-refractivity contribution in [2.45, 2.75) is 6.42 Å². The van der Waals surface area contributed by atoms with Gasteiger partial charge in [0.05, 0.1) is 13.1 Å². The van der Waals surface area contributed by atoms with E-state index in [4.69, 9.17) is 0 Å². The average Bonchev–Trinajstić information content (AvgIpc) is 3.02. The molecule has 24 heavy (non-hydrogen) atoms. The fraction of sp³-hybridized carbons (Fsp3) is 0.312. The third-order valence-corrected chi connectivity index (χ3v) is 4.50. The minimum absolute atomic E-state index is 0.0939. The van der Waals surface area contributed by atoms with Gasteiger partial charge in [-0.3, -0.25) is 14.5 Å². The molecule has 0 aliphatic carbocycles. The lowest BCUT2D eigenvalue weighted by molar-refractivity contribution is -0.122. The van der Waals surface area contributed by atoms with Crippen LogP contribution in [0.4, 0.5) is 5.82 Å². The molecular formula is C16H19BrN4O2S. The lowest BCUT2D eigenvalue weighted by Crippen LogP contribution is -2.39. The van der Waals surface area contributed by atoms with E-state index in [-0.39, 0.29) is 24.9 Å². The molecule has 0 atom stereocenters. The smallest absolute Gasteiger partial charge is 0.239 e. The van der Waals surface area contributed by atoms with Gasteiger partial charge in [-0.05, 0) is 53.0 Å². The zero-order valence-corrected chi connectivity index (χ0v) is 15.7. The van der Waals surface area contributed by atoms with Gasteiger partial charge in [0.2, 0.25) is 11.8 Å². The molecule has 0 radical (unpaired) electrons. The third-order valence-electron chi connectivity index (χ3n) is 3.10. The summed E-state index contributed by atoms with van der Waals surface area (Å²) in [5, 5.41) is 7.57. The molecule has 0 unspecified atom stereocenters. The summed E-state index contributed by atoms with van der Waals surface area (Å²) in [5.41, 5.74) is 0. The molecule has 2 aromatic rings. The van der Waals surface area contributed by atoms with Crippen LogP contribution in [0.15, 0.2) is 40.3 Å². The Morgan fingerprint density at radius 1 is 1.25 bits per heavy atom. The van der Waals surface area contributed by atoms with Crippen molar-refractivity contribution in [1.29, 1.82) is 0 Å². The number of hydrogen-bond acceptors (Lipinski definition) is 5. The number of carbonyl (C=O) groups is 2. The summed E-state index contributed by atoms with van der Waals surface area (Å²) < 4.78 is 0.844. The molecule has 2 amide bonds. The second kappa shape index (κ2) is 9.51. The van der Waals surface area contributed by atoms with Crippen LogP contribution in [-0.2, 0) is 16.0 Å². The summed E-state index contributed by atoms with van der Waals surface area (Å²) in [6.45, 7) is 0.893. The first-order chi connectivity index (χ1) is 11.5. The number of amides is 2. The van der Waals surface area contributed by atoms with Crippen LogP contribution in [0.5, 0.6) is 0 Å². The van der Waals surface area contributed by atoms with E-state index in [0.717, 1.165) is 10.9 Å². The lowest BCUT2D eigenvalue weighted by atomic mass is 10.3. The average molecular weight is 411 g/mol. The molecular weight excluding hydrogens is 392 g/mol. The molecule has 0 saturated heterocycles. The number of hydrogen-bond donors (Lipinski definition) is 2. The van der Waals surface area contributed by atoms with Crippen LogP contribution in [0.1, 0.15) is 4.88 Å². The van der Waals surface area contributed by atoms with E-state index in [9.17, 15) is 9.59 Å². The maximum Gasteiger partial charge on any atom is 0.239 e. The molecule has 2 aromatic heterocycles. The normalized spacial score (nSPS) is 10.6. The molecule has 2 rings (SSSR count). The van der Waals surface area contributed by atoms with E-state index in [2.05, 4.69) is 31.5 Å². The summed E-state index contributed by atoms with van der Waals surface area (Å²) in [7, 11) is 1.73. The van der Waals surface area contributed by atoms with Gasteiger partial charge >= 0.3 is 0 Å². The van der Waals surface area contributed by atoms with Gasteiger partial charge < -0.3 is 10.6 Å². The van der Waals surface area contributed by atoms with E-state index in [1.54, 1.807) is 41.6 Å². The predicted molar refractivity (Wildman–Crippen MR) is 99.1 cm³/mol. The van der Waals surface area contributed by atoms with Crippen LogP contribution in [0.25, 0.3) is 0 Å². The van der Waals surface area contributed by atoms with E-state index < -0.39 is 0 Å². The quantitative estimate of drug-likeness (QED) is 0.698. The van der Waals surface area contributed by atoms with Gasteiger partial charge in [0.25, 0.3) is 0 Å². The number of nitrogens with zero attached hydrogens (tertiary/aromatic N) is 2. The molecule has 8 heteroatoms. The Balaban J connectivity index is 1.65. The molecule has 0 aromatic carbocycles. The highest BCUT2D eigenvalue weighted by atomic mass is 79.9. The first-order valence-corrected chi connectivity index (χ1v) is 9.09. The highest BCUT2D eigenvalue weighted by Crippen LogP contribution is 2.10. The largest absolute Gasteiger partial charge is 0.355 e. The van der Waals surface area contributed by atoms with Crippen LogP contribution >= 0.6 is 27.3 Å². The number of halogens is 1. The summed E-state index contributed by atoms with van der Waals surface area (Å²) in [6.07, 6.45) is 2.43. The van der Waals surface area contributed by atoms with Crippen molar-refractivity contribution in [3.63, 3.8) is 0 Å². The Bertz CT molecular complexity index is 661. The zero-order chi connectivity index (χ0) is 17.4. The van der Waals surface area contributed by atoms with Gasteiger partial charge in [-0.25, -0.2) is 4.98 Å². The van der Waals surface area contributed by atoms with Crippen molar-refractivity contribution in [2.75, 3.05) is 32.0 Å². The fourth-order valence-corrected chi connectivity index (χ4v) is 2.96. The van der Waals surface area contributed by atoms with Crippen molar-refractivity contribution in [3.8, 4) is 0 Å². The van der Waals surface area contributed by atoms with E-state index >= 15 is 0 Å². The first kappa shape index (κ1) is 18.6. The van der Waals surface area contributed by atoms with Crippen LogP contribution in [-0.4, -0.2) is 48.4 Å². The van der Waals surface area contributed by atoms with Crippen molar-refractivity contribution >= 4 is 44.9 Å². The molecule has 2 N–H and O–H groups in total. The zero-order valence-electron chi connectivity index (χ0n) is 13.3. The van der Waals surface area contributed by atoms with Gasteiger partial charge in [-0.15, -0.1) is 11.3 Å². The summed E-state index contributed by atoms with van der Waals surface area (Å²) in [5.74, 6) is 0.180. The van der Waals surface area contributed by atoms with Crippen molar-refractivity contribution in [1.82, 2.24) is 15.2 Å². The van der Waals surface area contributed by atoms with E-state index in [1.165, 1.54) is 4.88 Å². The summed E-state index contributed by atoms with van der Waals surface area (Å²) in [4.78, 5) is 30.8. The fourth-order valence-electron chi connectivity index (χ4n) is 2.01.